The van der Waals surface area contributed by atoms with Crippen molar-refractivity contribution in [1.29, 1.82) is 0 Å². The quantitative estimate of drug-likeness (QED) is 0.577. The van der Waals surface area contributed by atoms with Gasteiger partial charge in [0.2, 0.25) is 6.79 Å². The standard InChI is InChI=1S/C25H34N2O5/c1-18(13-27(19(2)16-28)25(29)21-8-6-5-7-9-21)24(30-4)15-26(3)14-20-10-11-22-23(12-20)32-17-31-22/h5-12,18-19,24,28H,13-17H2,1-4H3/t18-,19-,24+/m1/s1. The van der Waals surface area contributed by atoms with E-state index in [1.54, 1.807) is 24.1 Å². The molecule has 2 aromatic rings. The van der Waals surface area contributed by atoms with Gasteiger partial charge in [-0.1, -0.05) is 31.2 Å². The fourth-order valence-electron chi connectivity index (χ4n) is 3.95. The summed E-state index contributed by atoms with van der Waals surface area (Å²) in [7, 11) is 3.75. The molecule has 1 aliphatic rings. The highest BCUT2D eigenvalue weighted by atomic mass is 16.7. The maximum atomic E-state index is 13.1. The van der Waals surface area contributed by atoms with Crippen LogP contribution in [-0.2, 0) is 11.3 Å². The van der Waals surface area contributed by atoms with Crippen molar-refractivity contribution in [2.24, 2.45) is 5.92 Å². The Labute approximate surface area is 190 Å². The molecule has 0 aliphatic carbocycles. The molecule has 0 fully saturated rings. The van der Waals surface area contributed by atoms with Gasteiger partial charge in [-0.25, -0.2) is 0 Å². The molecule has 32 heavy (non-hydrogen) atoms. The summed E-state index contributed by atoms with van der Waals surface area (Å²) in [6.07, 6.45) is -0.0778. The van der Waals surface area contributed by atoms with E-state index in [1.807, 2.05) is 50.4 Å². The van der Waals surface area contributed by atoms with Crippen LogP contribution >= 0.6 is 0 Å². The molecular formula is C25H34N2O5. The molecule has 3 atom stereocenters. The van der Waals surface area contributed by atoms with Crippen molar-refractivity contribution >= 4 is 5.91 Å². The first-order valence-corrected chi connectivity index (χ1v) is 11.0. The van der Waals surface area contributed by atoms with E-state index in [0.717, 1.165) is 23.6 Å². The number of hydrogen-bond donors (Lipinski definition) is 1. The van der Waals surface area contributed by atoms with Gasteiger partial charge in [-0.15, -0.1) is 0 Å². The SMILES string of the molecule is CO[C@@H](CN(C)Cc1ccc2c(c1)OCO2)[C@H](C)CN(C(=O)c1ccccc1)[C@H](C)CO. The lowest BCUT2D eigenvalue weighted by Gasteiger charge is -2.34. The highest BCUT2D eigenvalue weighted by Gasteiger charge is 2.27. The molecule has 0 saturated carbocycles. The molecule has 0 spiro atoms. The van der Waals surface area contributed by atoms with Crippen molar-refractivity contribution in [3.63, 3.8) is 0 Å². The Morgan fingerprint density at radius 1 is 1.09 bits per heavy atom. The van der Waals surface area contributed by atoms with Crippen LogP contribution in [0, 0.1) is 5.92 Å². The van der Waals surface area contributed by atoms with Crippen LogP contribution in [0.1, 0.15) is 29.8 Å². The molecule has 1 amide bonds. The van der Waals surface area contributed by atoms with Crippen LogP contribution < -0.4 is 9.47 Å². The fourth-order valence-corrected chi connectivity index (χ4v) is 3.95. The van der Waals surface area contributed by atoms with E-state index in [9.17, 15) is 9.90 Å². The van der Waals surface area contributed by atoms with E-state index in [2.05, 4.69) is 11.8 Å². The average Bonchev–Trinajstić information content (AvgIpc) is 3.28. The topological polar surface area (TPSA) is 71.5 Å². The van der Waals surface area contributed by atoms with Crippen molar-refractivity contribution in [3.05, 3.63) is 59.7 Å². The molecule has 1 N–H and O–H groups in total. The Hall–Kier alpha value is -2.61. The molecule has 1 heterocycles. The number of aliphatic hydroxyl groups excluding tert-OH is 1. The Morgan fingerprint density at radius 3 is 2.50 bits per heavy atom. The smallest absolute Gasteiger partial charge is 0.254 e. The average molecular weight is 443 g/mol. The number of benzene rings is 2. The van der Waals surface area contributed by atoms with E-state index in [1.165, 1.54) is 0 Å². The molecular weight excluding hydrogens is 408 g/mol. The summed E-state index contributed by atoms with van der Waals surface area (Å²) in [6.45, 7) is 6.05. The van der Waals surface area contributed by atoms with Crippen LogP contribution in [0.25, 0.3) is 0 Å². The second kappa shape index (κ2) is 11.3. The van der Waals surface area contributed by atoms with Crippen LogP contribution in [-0.4, -0.2) is 73.6 Å². The number of ether oxygens (including phenoxy) is 3. The lowest BCUT2D eigenvalue weighted by Crippen LogP contribution is -2.47. The van der Waals surface area contributed by atoms with Gasteiger partial charge in [0.05, 0.1) is 18.8 Å². The van der Waals surface area contributed by atoms with Gasteiger partial charge in [-0.3, -0.25) is 9.69 Å². The molecule has 3 rings (SSSR count). The number of amides is 1. The second-order valence-electron chi connectivity index (χ2n) is 8.49. The summed E-state index contributed by atoms with van der Waals surface area (Å²) in [4.78, 5) is 17.0. The second-order valence-corrected chi connectivity index (χ2v) is 8.49. The summed E-state index contributed by atoms with van der Waals surface area (Å²) >= 11 is 0. The Balaban J connectivity index is 1.62. The zero-order valence-corrected chi connectivity index (χ0v) is 19.4. The van der Waals surface area contributed by atoms with Gasteiger partial charge in [0.1, 0.15) is 0 Å². The summed E-state index contributed by atoms with van der Waals surface area (Å²) in [5.41, 5.74) is 1.75. The molecule has 174 valence electrons. The fraction of sp³-hybridized carbons (Fsp3) is 0.480. The van der Waals surface area contributed by atoms with Crippen molar-refractivity contribution in [2.45, 2.75) is 32.5 Å². The van der Waals surface area contributed by atoms with Crippen LogP contribution in [0.2, 0.25) is 0 Å². The van der Waals surface area contributed by atoms with Crippen molar-refractivity contribution in [2.75, 3.05) is 40.6 Å². The summed E-state index contributed by atoms with van der Waals surface area (Å²) in [5.74, 6) is 1.55. The molecule has 0 radical (unpaired) electrons. The predicted octanol–water partition coefficient (Wildman–Crippen LogP) is 3.02. The molecule has 0 aromatic heterocycles. The molecule has 7 nitrogen and oxygen atoms in total. The number of fused-ring (bicyclic) bond motifs is 1. The van der Waals surface area contributed by atoms with Crippen LogP contribution in [0.5, 0.6) is 11.5 Å². The van der Waals surface area contributed by atoms with Crippen LogP contribution in [0.4, 0.5) is 0 Å². The molecule has 7 heteroatoms. The minimum absolute atomic E-state index is 0.0702. The Morgan fingerprint density at radius 2 is 1.81 bits per heavy atom. The number of rotatable bonds is 11. The minimum atomic E-state index is -0.283. The van der Waals surface area contributed by atoms with Gasteiger partial charge < -0.3 is 24.2 Å². The van der Waals surface area contributed by atoms with Crippen molar-refractivity contribution in [3.8, 4) is 11.5 Å². The normalized spacial score (nSPS) is 15.4. The Bertz CT molecular complexity index is 876. The van der Waals surface area contributed by atoms with Gasteiger partial charge in [-0.2, -0.15) is 0 Å². The maximum Gasteiger partial charge on any atom is 0.254 e. The molecule has 2 aromatic carbocycles. The number of carbonyl (C=O) groups excluding carboxylic acids is 1. The van der Waals surface area contributed by atoms with Gasteiger partial charge in [0, 0.05) is 38.2 Å². The summed E-state index contributed by atoms with van der Waals surface area (Å²) < 4.78 is 16.7. The predicted molar refractivity (Wildman–Crippen MR) is 123 cm³/mol. The molecule has 0 unspecified atom stereocenters. The summed E-state index contributed by atoms with van der Waals surface area (Å²) in [5, 5.41) is 9.73. The third-order valence-electron chi connectivity index (χ3n) is 5.88. The third-order valence-corrected chi connectivity index (χ3v) is 5.88. The van der Waals surface area contributed by atoms with Gasteiger partial charge in [0.25, 0.3) is 5.91 Å². The molecule has 1 aliphatic heterocycles. The first-order valence-electron chi connectivity index (χ1n) is 11.0. The van der Waals surface area contributed by atoms with Gasteiger partial charge in [0.15, 0.2) is 11.5 Å². The van der Waals surface area contributed by atoms with Gasteiger partial charge in [-0.05, 0) is 43.8 Å². The number of nitrogens with zero attached hydrogens (tertiary/aromatic N) is 2. The zero-order chi connectivity index (χ0) is 23.1. The van der Waals surface area contributed by atoms with E-state index < -0.39 is 0 Å². The Kier molecular flexibility index (Phi) is 8.50. The van der Waals surface area contributed by atoms with E-state index >= 15 is 0 Å². The summed E-state index contributed by atoms with van der Waals surface area (Å²) in [6, 6.07) is 14.9. The van der Waals surface area contributed by atoms with Crippen LogP contribution in [0.15, 0.2) is 48.5 Å². The highest BCUT2D eigenvalue weighted by Crippen LogP contribution is 2.32. The molecule has 0 bridgehead atoms. The highest BCUT2D eigenvalue weighted by molar-refractivity contribution is 5.94. The number of aliphatic hydroxyl groups is 1. The monoisotopic (exact) mass is 442 g/mol. The number of likely N-dealkylation sites (N-methyl/N-ethyl adjacent to an activating group) is 1. The first-order chi connectivity index (χ1) is 15.4. The van der Waals surface area contributed by atoms with Crippen molar-refractivity contribution in [1.82, 2.24) is 9.80 Å². The van der Waals surface area contributed by atoms with Gasteiger partial charge >= 0.3 is 0 Å². The zero-order valence-electron chi connectivity index (χ0n) is 19.4. The molecule has 0 saturated heterocycles. The van der Waals surface area contributed by atoms with Crippen LogP contribution in [0.3, 0.4) is 0 Å². The van der Waals surface area contributed by atoms with E-state index in [-0.39, 0.29) is 37.4 Å². The minimum Gasteiger partial charge on any atom is -0.454 e. The largest absolute Gasteiger partial charge is 0.454 e. The third kappa shape index (κ3) is 6.00. The van der Waals surface area contributed by atoms with E-state index in [4.69, 9.17) is 14.2 Å². The number of methoxy groups -OCH3 is 1. The first kappa shape index (κ1) is 24.0. The number of carbonyl (C=O) groups is 1. The number of hydrogen-bond acceptors (Lipinski definition) is 6. The lowest BCUT2D eigenvalue weighted by molar-refractivity contribution is 0.0106. The maximum absolute atomic E-state index is 13.1. The van der Waals surface area contributed by atoms with Crippen molar-refractivity contribution < 1.29 is 24.1 Å². The lowest BCUT2D eigenvalue weighted by atomic mass is 10.0. The van der Waals surface area contributed by atoms with E-state index in [0.29, 0.717) is 18.7 Å².